The predicted octanol–water partition coefficient (Wildman–Crippen LogP) is 4.26. The maximum Gasteiger partial charge on any atom is 0.311 e. The fourth-order valence-corrected chi connectivity index (χ4v) is 3.76. The number of nitro benzene ring substituents is 1. The number of fused-ring (bicyclic) bond motifs is 3. The average molecular weight is 401 g/mol. The molecule has 7 heteroatoms. The zero-order valence-corrected chi connectivity index (χ0v) is 16.5. The van der Waals surface area contributed by atoms with Crippen molar-refractivity contribution in [1.29, 1.82) is 0 Å². The Morgan fingerprint density at radius 1 is 1.03 bits per heavy atom. The van der Waals surface area contributed by atoms with Gasteiger partial charge in [0.05, 0.1) is 23.7 Å². The Morgan fingerprint density at radius 3 is 2.20 bits per heavy atom. The number of hydrazone groups is 1. The lowest BCUT2D eigenvalue weighted by Gasteiger charge is -2.12. The molecular weight excluding hydrogens is 382 g/mol. The Morgan fingerprint density at radius 2 is 1.63 bits per heavy atom. The average Bonchev–Trinajstić information content (AvgIpc) is 3.11. The van der Waals surface area contributed by atoms with Crippen molar-refractivity contribution in [3.63, 3.8) is 0 Å². The van der Waals surface area contributed by atoms with Gasteiger partial charge in [0.2, 0.25) is 0 Å². The highest BCUT2D eigenvalue weighted by Gasteiger charge is 2.33. The Bertz CT molecular complexity index is 1140. The molecular formula is C23H19N3O4. The predicted molar refractivity (Wildman–Crippen MR) is 114 cm³/mol. The molecule has 1 amide bonds. The van der Waals surface area contributed by atoms with Crippen LogP contribution >= 0.6 is 0 Å². The van der Waals surface area contributed by atoms with E-state index in [1.807, 2.05) is 48.5 Å². The number of carbonyl (C=O) groups is 1. The second-order valence-electron chi connectivity index (χ2n) is 6.92. The minimum Gasteiger partial charge on any atom is -0.490 e. The molecule has 0 bridgehead atoms. The number of methoxy groups -OCH3 is 1. The Kier molecular flexibility index (Phi) is 5.02. The van der Waals surface area contributed by atoms with Crippen LogP contribution in [0.4, 0.5) is 5.69 Å². The highest BCUT2D eigenvalue weighted by molar-refractivity contribution is 6.01. The van der Waals surface area contributed by atoms with Crippen molar-refractivity contribution in [2.75, 3.05) is 7.11 Å². The van der Waals surface area contributed by atoms with Gasteiger partial charge in [0.1, 0.15) is 0 Å². The van der Waals surface area contributed by atoms with Crippen LogP contribution in [0.15, 0.2) is 71.8 Å². The largest absolute Gasteiger partial charge is 0.490 e. The monoisotopic (exact) mass is 401 g/mol. The minimum absolute atomic E-state index is 0.158. The van der Waals surface area contributed by atoms with Crippen molar-refractivity contribution in [2.45, 2.75) is 12.8 Å². The van der Waals surface area contributed by atoms with Gasteiger partial charge in [-0.1, -0.05) is 48.5 Å². The summed E-state index contributed by atoms with van der Waals surface area (Å²) in [7, 11) is 1.38. The van der Waals surface area contributed by atoms with Gasteiger partial charge in [-0.25, -0.2) is 5.43 Å². The molecule has 1 aliphatic carbocycles. The topological polar surface area (TPSA) is 93.8 Å². The van der Waals surface area contributed by atoms with E-state index >= 15 is 0 Å². The maximum absolute atomic E-state index is 13.0. The van der Waals surface area contributed by atoms with Crippen LogP contribution in [0, 0.1) is 10.1 Å². The number of rotatable bonds is 5. The second-order valence-corrected chi connectivity index (χ2v) is 6.92. The summed E-state index contributed by atoms with van der Waals surface area (Å²) in [6.45, 7) is 1.68. The van der Waals surface area contributed by atoms with E-state index in [0.717, 1.165) is 22.3 Å². The van der Waals surface area contributed by atoms with Crippen LogP contribution in [-0.4, -0.2) is 23.7 Å². The molecule has 1 N–H and O–H groups in total. The lowest BCUT2D eigenvalue weighted by Crippen LogP contribution is -2.26. The maximum atomic E-state index is 13.0. The van der Waals surface area contributed by atoms with Crippen LogP contribution in [0.5, 0.6) is 5.75 Å². The molecule has 0 aliphatic heterocycles. The fraction of sp³-hybridized carbons (Fsp3) is 0.130. The van der Waals surface area contributed by atoms with Crippen LogP contribution < -0.4 is 10.2 Å². The highest BCUT2D eigenvalue weighted by Crippen LogP contribution is 2.44. The van der Waals surface area contributed by atoms with Crippen molar-refractivity contribution < 1.29 is 14.5 Å². The van der Waals surface area contributed by atoms with Crippen LogP contribution in [0.1, 0.15) is 29.5 Å². The summed E-state index contributed by atoms with van der Waals surface area (Å²) in [6, 6.07) is 20.2. The van der Waals surface area contributed by atoms with Crippen molar-refractivity contribution >= 4 is 17.3 Å². The third kappa shape index (κ3) is 3.30. The summed E-state index contributed by atoms with van der Waals surface area (Å²) < 4.78 is 5.02. The van der Waals surface area contributed by atoms with E-state index in [-0.39, 0.29) is 17.3 Å². The van der Waals surface area contributed by atoms with Gasteiger partial charge in [0.25, 0.3) is 5.91 Å². The van der Waals surface area contributed by atoms with Gasteiger partial charge in [-0.05, 0) is 41.3 Å². The zero-order chi connectivity index (χ0) is 21.3. The van der Waals surface area contributed by atoms with Gasteiger partial charge >= 0.3 is 5.69 Å². The molecule has 0 atom stereocenters. The quantitative estimate of drug-likeness (QED) is 0.393. The molecule has 150 valence electrons. The number of hydrogen-bond donors (Lipinski definition) is 1. The number of nitro groups is 1. The van der Waals surface area contributed by atoms with Crippen molar-refractivity contribution in [1.82, 2.24) is 5.43 Å². The molecule has 0 unspecified atom stereocenters. The number of nitrogens with one attached hydrogen (secondary N) is 1. The fourth-order valence-electron chi connectivity index (χ4n) is 3.76. The summed E-state index contributed by atoms with van der Waals surface area (Å²) in [4.78, 5) is 23.8. The van der Waals surface area contributed by atoms with Gasteiger partial charge in [-0.2, -0.15) is 5.10 Å². The highest BCUT2D eigenvalue weighted by atomic mass is 16.6. The number of carbonyl (C=O) groups excluding carboxylic acids is 1. The minimum atomic E-state index is -0.513. The molecule has 0 saturated heterocycles. The molecule has 0 saturated carbocycles. The first-order valence-corrected chi connectivity index (χ1v) is 9.36. The van der Waals surface area contributed by atoms with Gasteiger partial charge in [-0.15, -0.1) is 0 Å². The summed E-state index contributed by atoms with van der Waals surface area (Å²) in [5.41, 5.74) is 7.40. The molecule has 1 aliphatic rings. The molecule has 0 heterocycles. The van der Waals surface area contributed by atoms with Crippen molar-refractivity contribution in [2.24, 2.45) is 5.10 Å². The molecule has 3 aromatic rings. The van der Waals surface area contributed by atoms with Crippen molar-refractivity contribution in [3.05, 3.63) is 93.5 Å². The zero-order valence-electron chi connectivity index (χ0n) is 16.5. The van der Waals surface area contributed by atoms with E-state index in [0.29, 0.717) is 11.3 Å². The van der Waals surface area contributed by atoms with Crippen LogP contribution in [0.25, 0.3) is 11.1 Å². The Balaban J connectivity index is 1.61. The lowest BCUT2D eigenvalue weighted by molar-refractivity contribution is -0.385. The first kappa shape index (κ1) is 19.3. The molecule has 3 aromatic carbocycles. The van der Waals surface area contributed by atoms with E-state index in [2.05, 4.69) is 10.5 Å². The van der Waals surface area contributed by atoms with E-state index in [1.54, 1.807) is 13.0 Å². The smallest absolute Gasteiger partial charge is 0.311 e. The standard InChI is InChI=1S/C23H19N3O4/c1-14(15-11-12-21(30-2)20(13-15)26(28)29)24-25-23(27)22-18-9-5-3-7-16(18)17-8-4-6-10-19(17)22/h3-13,22H,1-2H3,(H,25,27)/b24-14-. The van der Waals surface area contributed by atoms with E-state index < -0.39 is 10.8 Å². The number of hydrogen-bond acceptors (Lipinski definition) is 5. The SMILES string of the molecule is COc1ccc(/C(C)=N\NC(=O)C2c3ccccc3-c3ccccc32)cc1[N+](=O)[O-]. The number of amides is 1. The van der Waals surface area contributed by atoms with Crippen LogP contribution in [0.2, 0.25) is 0 Å². The number of nitrogens with zero attached hydrogens (tertiary/aromatic N) is 2. The van der Waals surface area contributed by atoms with E-state index in [9.17, 15) is 14.9 Å². The lowest BCUT2D eigenvalue weighted by atomic mass is 9.96. The number of ether oxygens (including phenoxy) is 1. The normalized spacial score (nSPS) is 12.8. The Hall–Kier alpha value is -4.00. The second kappa shape index (κ2) is 7.79. The van der Waals surface area contributed by atoms with Crippen LogP contribution in [0.3, 0.4) is 0 Å². The van der Waals surface area contributed by atoms with Gasteiger partial charge in [0, 0.05) is 11.6 Å². The molecule has 0 radical (unpaired) electrons. The Labute approximate surface area is 173 Å². The first-order valence-electron chi connectivity index (χ1n) is 9.36. The van der Waals surface area contributed by atoms with Gasteiger partial charge < -0.3 is 4.74 Å². The first-order chi connectivity index (χ1) is 14.5. The summed E-state index contributed by atoms with van der Waals surface area (Å²) in [6.07, 6.45) is 0. The third-order valence-corrected chi connectivity index (χ3v) is 5.22. The summed E-state index contributed by atoms with van der Waals surface area (Å²) in [5.74, 6) is -0.548. The van der Waals surface area contributed by atoms with Gasteiger partial charge in [-0.3, -0.25) is 14.9 Å². The summed E-state index contributed by atoms with van der Waals surface area (Å²) in [5, 5.41) is 15.4. The molecule has 4 rings (SSSR count). The molecule has 30 heavy (non-hydrogen) atoms. The van der Waals surface area contributed by atoms with Gasteiger partial charge in [0.15, 0.2) is 5.75 Å². The van der Waals surface area contributed by atoms with Crippen molar-refractivity contribution in [3.8, 4) is 16.9 Å². The molecule has 0 fully saturated rings. The van der Waals surface area contributed by atoms with E-state index in [4.69, 9.17) is 4.74 Å². The van der Waals surface area contributed by atoms with Crippen LogP contribution in [-0.2, 0) is 4.79 Å². The molecule has 0 aromatic heterocycles. The third-order valence-electron chi connectivity index (χ3n) is 5.22. The number of benzene rings is 3. The summed E-state index contributed by atoms with van der Waals surface area (Å²) >= 11 is 0. The molecule has 7 nitrogen and oxygen atoms in total. The molecule has 0 spiro atoms. The van der Waals surface area contributed by atoms with E-state index in [1.165, 1.54) is 19.2 Å².